The number of ether oxygens (including phenoxy) is 1. The summed E-state index contributed by atoms with van der Waals surface area (Å²) in [6.45, 7) is 5.59. The normalized spacial score (nSPS) is 16.2. The maximum Gasteiger partial charge on any atom is 0.261 e. The predicted molar refractivity (Wildman–Crippen MR) is 92.1 cm³/mol. The minimum atomic E-state index is -3.70. The summed E-state index contributed by atoms with van der Waals surface area (Å²) in [5, 5.41) is 0. The molecule has 0 radical (unpaired) electrons. The Bertz CT molecular complexity index is 899. The van der Waals surface area contributed by atoms with E-state index in [1.54, 1.807) is 36.4 Å². The first kappa shape index (κ1) is 16.5. The molecule has 0 unspecified atom stereocenters. The number of Topliss-reactive ketones (excluding diaryl/α,β-unsaturated/α-hetero) is 1. The van der Waals surface area contributed by atoms with Crippen molar-refractivity contribution >= 4 is 21.5 Å². The fraction of sp³-hybridized carbons (Fsp3) is 0.278. The van der Waals surface area contributed by atoms with E-state index in [4.69, 9.17) is 4.74 Å². The van der Waals surface area contributed by atoms with Gasteiger partial charge in [-0.3, -0.25) is 9.52 Å². The molecule has 0 amide bonds. The molecule has 1 aliphatic heterocycles. The van der Waals surface area contributed by atoms with Crippen molar-refractivity contribution in [3.05, 3.63) is 53.6 Å². The molecule has 6 heteroatoms. The van der Waals surface area contributed by atoms with E-state index >= 15 is 0 Å². The zero-order valence-electron chi connectivity index (χ0n) is 13.8. The van der Waals surface area contributed by atoms with Crippen molar-refractivity contribution in [1.29, 1.82) is 0 Å². The van der Waals surface area contributed by atoms with Gasteiger partial charge in [-0.2, -0.15) is 0 Å². The largest absolute Gasteiger partial charge is 0.487 e. The number of ketones is 1. The third-order valence-electron chi connectivity index (χ3n) is 3.84. The Morgan fingerprint density at radius 1 is 1.08 bits per heavy atom. The fourth-order valence-electron chi connectivity index (χ4n) is 2.65. The van der Waals surface area contributed by atoms with Gasteiger partial charge in [0, 0.05) is 5.69 Å². The van der Waals surface area contributed by atoms with Gasteiger partial charge in [-0.1, -0.05) is 17.7 Å². The molecule has 0 bridgehead atoms. The van der Waals surface area contributed by atoms with Crippen molar-refractivity contribution < 1.29 is 17.9 Å². The number of carbonyl (C=O) groups is 1. The monoisotopic (exact) mass is 345 g/mol. The molecule has 1 N–H and O–H groups in total. The second-order valence-corrected chi connectivity index (χ2v) is 8.27. The van der Waals surface area contributed by atoms with Crippen LogP contribution in [0, 0.1) is 6.92 Å². The number of hydrogen-bond acceptors (Lipinski definition) is 4. The Kier molecular flexibility index (Phi) is 3.87. The molecule has 0 saturated heterocycles. The number of rotatable bonds is 3. The molecule has 126 valence electrons. The number of sulfonamides is 1. The molecule has 0 saturated carbocycles. The second kappa shape index (κ2) is 5.63. The highest BCUT2D eigenvalue weighted by molar-refractivity contribution is 7.92. The van der Waals surface area contributed by atoms with Crippen LogP contribution in [0.2, 0.25) is 0 Å². The van der Waals surface area contributed by atoms with Gasteiger partial charge >= 0.3 is 0 Å². The van der Waals surface area contributed by atoms with Gasteiger partial charge in [0.2, 0.25) is 0 Å². The summed E-state index contributed by atoms with van der Waals surface area (Å²) in [5.41, 5.74) is 1.17. The molecule has 3 rings (SSSR count). The minimum Gasteiger partial charge on any atom is -0.487 e. The summed E-state index contributed by atoms with van der Waals surface area (Å²) < 4.78 is 33.2. The molecule has 1 heterocycles. The molecule has 0 aromatic heterocycles. The SMILES string of the molecule is Cc1ccc(S(=O)(=O)Nc2ccc3c(c2)C(=O)CC(C)(C)O3)cc1. The zero-order chi connectivity index (χ0) is 17.5. The van der Waals surface area contributed by atoms with E-state index in [1.807, 2.05) is 20.8 Å². The summed E-state index contributed by atoms with van der Waals surface area (Å²) >= 11 is 0. The molecular formula is C18H19NO4S. The molecule has 0 spiro atoms. The van der Waals surface area contributed by atoms with Crippen LogP contribution >= 0.6 is 0 Å². The summed E-state index contributed by atoms with van der Waals surface area (Å²) in [5.74, 6) is 0.423. The van der Waals surface area contributed by atoms with Crippen molar-refractivity contribution in [3.8, 4) is 5.75 Å². The van der Waals surface area contributed by atoms with E-state index in [9.17, 15) is 13.2 Å². The standard InChI is InChI=1S/C18H19NO4S/c1-12-4-7-14(8-5-12)24(21,22)19-13-6-9-17-15(10-13)16(20)11-18(2,3)23-17/h4-10,19H,11H2,1-3H3. The first-order valence-electron chi connectivity index (χ1n) is 7.62. The number of nitrogens with one attached hydrogen (secondary N) is 1. The molecule has 2 aromatic carbocycles. The second-order valence-electron chi connectivity index (χ2n) is 6.59. The van der Waals surface area contributed by atoms with E-state index in [1.165, 1.54) is 6.07 Å². The van der Waals surface area contributed by atoms with Crippen LogP contribution in [0.1, 0.15) is 36.2 Å². The van der Waals surface area contributed by atoms with Gasteiger partial charge in [0.25, 0.3) is 10.0 Å². The number of aryl methyl sites for hydroxylation is 1. The summed E-state index contributed by atoms with van der Waals surface area (Å²) in [7, 11) is -3.70. The Morgan fingerprint density at radius 2 is 1.75 bits per heavy atom. The van der Waals surface area contributed by atoms with Crippen molar-refractivity contribution in [2.24, 2.45) is 0 Å². The van der Waals surface area contributed by atoms with Crippen molar-refractivity contribution in [1.82, 2.24) is 0 Å². The lowest BCUT2D eigenvalue weighted by atomic mass is 9.93. The number of fused-ring (bicyclic) bond motifs is 1. The number of benzene rings is 2. The minimum absolute atomic E-state index is 0.0577. The highest BCUT2D eigenvalue weighted by Gasteiger charge is 2.32. The van der Waals surface area contributed by atoms with Crippen LogP contribution in [0.3, 0.4) is 0 Å². The van der Waals surface area contributed by atoms with E-state index in [2.05, 4.69) is 4.72 Å². The van der Waals surface area contributed by atoms with Gasteiger partial charge in [-0.25, -0.2) is 8.42 Å². The maximum atomic E-state index is 12.4. The Balaban J connectivity index is 1.91. The van der Waals surface area contributed by atoms with Crippen molar-refractivity contribution in [2.45, 2.75) is 37.7 Å². The lowest BCUT2D eigenvalue weighted by Gasteiger charge is -2.31. The molecule has 0 aliphatic carbocycles. The van der Waals surface area contributed by atoms with Crippen LogP contribution in [0.4, 0.5) is 5.69 Å². The quantitative estimate of drug-likeness (QED) is 0.923. The third kappa shape index (κ3) is 3.28. The first-order chi connectivity index (χ1) is 11.2. The van der Waals surface area contributed by atoms with Gasteiger partial charge in [0.05, 0.1) is 16.9 Å². The number of hydrogen-bond donors (Lipinski definition) is 1. The summed E-state index contributed by atoms with van der Waals surface area (Å²) in [6, 6.07) is 11.3. The predicted octanol–water partition coefficient (Wildman–Crippen LogP) is 3.54. The van der Waals surface area contributed by atoms with E-state index in [0.717, 1.165) is 5.56 Å². The van der Waals surface area contributed by atoms with E-state index in [0.29, 0.717) is 17.0 Å². The van der Waals surface area contributed by atoms with Gasteiger partial charge in [-0.15, -0.1) is 0 Å². The van der Waals surface area contributed by atoms with Gasteiger partial charge < -0.3 is 4.74 Å². The van der Waals surface area contributed by atoms with Crippen LogP contribution in [-0.4, -0.2) is 19.8 Å². The Labute approximate surface area is 141 Å². The van der Waals surface area contributed by atoms with Crippen LogP contribution < -0.4 is 9.46 Å². The molecule has 24 heavy (non-hydrogen) atoms. The van der Waals surface area contributed by atoms with Crippen molar-refractivity contribution in [3.63, 3.8) is 0 Å². The van der Waals surface area contributed by atoms with E-state index in [-0.39, 0.29) is 17.1 Å². The summed E-state index contributed by atoms with van der Waals surface area (Å²) in [6.07, 6.45) is 0.258. The smallest absolute Gasteiger partial charge is 0.261 e. The Morgan fingerprint density at radius 3 is 2.42 bits per heavy atom. The van der Waals surface area contributed by atoms with Crippen LogP contribution in [-0.2, 0) is 10.0 Å². The zero-order valence-corrected chi connectivity index (χ0v) is 14.6. The highest BCUT2D eigenvalue weighted by atomic mass is 32.2. The van der Waals surface area contributed by atoms with Gasteiger partial charge in [-0.05, 0) is 51.1 Å². The average molecular weight is 345 g/mol. The van der Waals surface area contributed by atoms with Crippen LogP contribution in [0.5, 0.6) is 5.75 Å². The third-order valence-corrected chi connectivity index (χ3v) is 5.23. The molecular weight excluding hydrogens is 326 g/mol. The van der Waals surface area contributed by atoms with Gasteiger partial charge in [0.1, 0.15) is 11.4 Å². The number of carbonyl (C=O) groups excluding carboxylic acids is 1. The first-order valence-corrected chi connectivity index (χ1v) is 9.10. The molecule has 0 fully saturated rings. The highest BCUT2D eigenvalue weighted by Crippen LogP contribution is 2.34. The lowest BCUT2D eigenvalue weighted by Crippen LogP contribution is -2.35. The molecule has 5 nitrogen and oxygen atoms in total. The average Bonchev–Trinajstić information content (AvgIpc) is 2.47. The topological polar surface area (TPSA) is 72.5 Å². The molecule has 1 aliphatic rings. The molecule has 0 atom stereocenters. The van der Waals surface area contributed by atoms with Gasteiger partial charge in [0.15, 0.2) is 5.78 Å². The maximum absolute atomic E-state index is 12.4. The van der Waals surface area contributed by atoms with Crippen molar-refractivity contribution in [2.75, 3.05) is 4.72 Å². The Hall–Kier alpha value is -2.34. The number of anilines is 1. The van der Waals surface area contributed by atoms with Crippen LogP contribution in [0.25, 0.3) is 0 Å². The van der Waals surface area contributed by atoms with E-state index < -0.39 is 15.6 Å². The lowest BCUT2D eigenvalue weighted by molar-refractivity contribution is 0.0620. The fourth-order valence-corrected chi connectivity index (χ4v) is 3.70. The van der Waals surface area contributed by atoms with Crippen LogP contribution in [0.15, 0.2) is 47.4 Å². The molecule has 2 aromatic rings. The summed E-state index contributed by atoms with van der Waals surface area (Å²) in [4.78, 5) is 12.4.